The summed E-state index contributed by atoms with van der Waals surface area (Å²) < 4.78 is 10.5. The van der Waals surface area contributed by atoms with Crippen LogP contribution in [0.25, 0.3) is 11.0 Å². The highest BCUT2D eigenvalue weighted by Crippen LogP contribution is 2.28. The summed E-state index contributed by atoms with van der Waals surface area (Å²) in [6.07, 6.45) is 4.50. The Morgan fingerprint density at radius 3 is 2.96 bits per heavy atom. The molecule has 1 aliphatic rings. The van der Waals surface area contributed by atoms with E-state index in [2.05, 4.69) is 21.9 Å². The van der Waals surface area contributed by atoms with E-state index < -0.39 is 5.97 Å². The van der Waals surface area contributed by atoms with Gasteiger partial charge >= 0.3 is 5.97 Å². The largest absolute Gasteiger partial charge is 0.435 e. The molecule has 2 aromatic heterocycles. The predicted molar refractivity (Wildman–Crippen MR) is 96.8 cm³/mol. The van der Waals surface area contributed by atoms with Crippen LogP contribution in [0.15, 0.2) is 31.1 Å². The average Bonchev–Trinajstić information content (AvgIpc) is 3.05. The summed E-state index contributed by atoms with van der Waals surface area (Å²) in [6, 6.07) is 1.88. The first-order valence-corrected chi connectivity index (χ1v) is 8.42. The van der Waals surface area contributed by atoms with Crippen LogP contribution in [0.3, 0.4) is 0 Å². The van der Waals surface area contributed by atoms with Gasteiger partial charge in [0.1, 0.15) is 11.2 Å². The predicted octanol–water partition coefficient (Wildman–Crippen LogP) is 1.91. The Morgan fingerprint density at radius 1 is 1.50 bits per heavy atom. The minimum atomic E-state index is -0.512. The zero-order valence-electron chi connectivity index (χ0n) is 14.8. The van der Waals surface area contributed by atoms with Crippen LogP contribution in [0.5, 0.6) is 0 Å². The summed E-state index contributed by atoms with van der Waals surface area (Å²) in [5, 5.41) is 4.12. The van der Waals surface area contributed by atoms with Crippen LogP contribution in [0.2, 0.25) is 0 Å². The number of aromatic amines is 1. The second-order valence-corrected chi connectivity index (χ2v) is 6.34. The quantitative estimate of drug-likeness (QED) is 0.446. The first-order chi connectivity index (χ1) is 12.5. The van der Waals surface area contributed by atoms with E-state index in [0.29, 0.717) is 30.0 Å². The highest BCUT2D eigenvalue weighted by Gasteiger charge is 2.31. The number of nitrogens with one attached hydrogen (secondary N) is 2. The molecule has 0 aliphatic carbocycles. The number of carbonyl (C=O) groups excluding carboxylic acids is 2. The van der Waals surface area contributed by atoms with Gasteiger partial charge in [0.25, 0.3) is 0 Å². The molecule has 8 heteroatoms. The van der Waals surface area contributed by atoms with Crippen molar-refractivity contribution in [1.82, 2.24) is 14.9 Å². The lowest BCUT2D eigenvalue weighted by atomic mass is 10.1. The van der Waals surface area contributed by atoms with Gasteiger partial charge in [-0.05, 0) is 26.0 Å². The van der Waals surface area contributed by atoms with E-state index in [1.54, 1.807) is 11.1 Å². The Morgan fingerprint density at radius 2 is 2.27 bits per heavy atom. The van der Waals surface area contributed by atoms with Crippen LogP contribution in [0.4, 0.5) is 5.69 Å². The van der Waals surface area contributed by atoms with Crippen molar-refractivity contribution in [3.05, 3.63) is 36.7 Å². The molecule has 8 nitrogen and oxygen atoms in total. The number of H-pyrrole nitrogens is 1. The van der Waals surface area contributed by atoms with Crippen LogP contribution in [0.1, 0.15) is 24.2 Å². The monoisotopic (exact) mass is 358 g/mol. The van der Waals surface area contributed by atoms with Crippen molar-refractivity contribution in [3.63, 3.8) is 0 Å². The lowest BCUT2D eigenvalue weighted by Crippen LogP contribution is -2.56. The van der Waals surface area contributed by atoms with Gasteiger partial charge in [-0.3, -0.25) is 4.79 Å². The molecule has 0 bridgehead atoms. The Labute approximate surface area is 151 Å². The number of carbonyl (C=O) groups is 2. The molecule has 26 heavy (non-hydrogen) atoms. The van der Waals surface area contributed by atoms with Crippen LogP contribution in [-0.4, -0.2) is 58.8 Å². The molecular weight excluding hydrogens is 336 g/mol. The van der Waals surface area contributed by atoms with Gasteiger partial charge in [0.05, 0.1) is 17.8 Å². The number of aromatic nitrogens is 2. The van der Waals surface area contributed by atoms with Crippen molar-refractivity contribution in [2.24, 2.45) is 0 Å². The van der Waals surface area contributed by atoms with Crippen LogP contribution >= 0.6 is 0 Å². The van der Waals surface area contributed by atoms with Crippen molar-refractivity contribution in [1.29, 1.82) is 0 Å². The van der Waals surface area contributed by atoms with Crippen LogP contribution in [-0.2, 0) is 14.3 Å². The summed E-state index contributed by atoms with van der Waals surface area (Å²) in [5.41, 5.74) is 1.64. The third-order valence-corrected chi connectivity index (χ3v) is 4.11. The first kappa shape index (κ1) is 17.9. The number of likely N-dealkylation sites (tertiary alicyclic amines) is 1. The fourth-order valence-corrected chi connectivity index (χ4v) is 2.70. The number of pyridine rings is 1. The molecule has 1 fully saturated rings. The number of hydrogen-bond acceptors (Lipinski definition) is 6. The summed E-state index contributed by atoms with van der Waals surface area (Å²) in [5.74, 6) is -0.614. The zero-order chi connectivity index (χ0) is 18.7. The number of rotatable bonds is 7. The standard InChI is InChI=1S/C18H22N4O4/c1-4-15(23)22-8-12(9-22)21-16-13-5-6-19-17(13)20-7-14(16)18(24)26-10-25-11(2)3/h4-7,11-12H,1,8-10H2,2-3H3,(H2,19,20,21). The lowest BCUT2D eigenvalue weighted by molar-refractivity contribution is -0.129. The molecule has 0 aromatic carbocycles. The molecule has 3 heterocycles. The van der Waals surface area contributed by atoms with Crippen molar-refractivity contribution in [3.8, 4) is 0 Å². The number of anilines is 1. The van der Waals surface area contributed by atoms with Gasteiger partial charge in [0.2, 0.25) is 5.91 Å². The van der Waals surface area contributed by atoms with Crippen molar-refractivity contribution < 1.29 is 19.1 Å². The Kier molecular flexibility index (Phi) is 5.22. The molecule has 0 radical (unpaired) electrons. The van der Waals surface area contributed by atoms with Gasteiger partial charge in [-0.25, -0.2) is 9.78 Å². The van der Waals surface area contributed by atoms with Gasteiger partial charge in [-0.15, -0.1) is 0 Å². The van der Waals surface area contributed by atoms with E-state index in [1.165, 1.54) is 12.3 Å². The van der Waals surface area contributed by atoms with Crippen LogP contribution in [0, 0.1) is 0 Å². The Bertz CT molecular complexity index is 824. The Balaban J connectivity index is 1.76. The van der Waals surface area contributed by atoms with Gasteiger partial charge in [0, 0.05) is 30.9 Å². The molecule has 3 rings (SSSR count). The normalized spacial score (nSPS) is 14.3. The SMILES string of the molecule is C=CC(=O)N1CC(Nc2c(C(=O)OCOC(C)C)cnc3[nH]ccc23)C1. The van der Waals surface area contributed by atoms with E-state index >= 15 is 0 Å². The maximum Gasteiger partial charge on any atom is 0.343 e. The second-order valence-electron chi connectivity index (χ2n) is 6.34. The maximum absolute atomic E-state index is 12.4. The molecule has 1 aliphatic heterocycles. The van der Waals surface area contributed by atoms with Crippen molar-refractivity contribution in [2.75, 3.05) is 25.2 Å². The van der Waals surface area contributed by atoms with Crippen molar-refractivity contribution >= 4 is 28.6 Å². The molecule has 2 N–H and O–H groups in total. The van der Waals surface area contributed by atoms with Gasteiger partial charge in [-0.2, -0.15) is 0 Å². The summed E-state index contributed by atoms with van der Waals surface area (Å²) >= 11 is 0. The molecular formula is C18H22N4O4. The molecule has 1 saturated heterocycles. The zero-order valence-corrected chi connectivity index (χ0v) is 14.8. The average molecular weight is 358 g/mol. The molecule has 0 saturated carbocycles. The fourth-order valence-electron chi connectivity index (χ4n) is 2.70. The molecule has 0 atom stereocenters. The van der Waals surface area contributed by atoms with Gasteiger partial charge < -0.3 is 24.7 Å². The molecule has 2 aromatic rings. The summed E-state index contributed by atoms with van der Waals surface area (Å²) in [4.78, 5) is 33.0. The number of hydrogen-bond donors (Lipinski definition) is 2. The molecule has 0 unspecified atom stereocenters. The van der Waals surface area contributed by atoms with E-state index in [9.17, 15) is 9.59 Å². The van der Waals surface area contributed by atoms with Crippen molar-refractivity contribution in [2.45, 2.75) is 26.0 Å². The summed E-state index contributed by atoms with van der Waals surface area (Å²) in [7, 11) is 0. The summed E-state index contributed by atoms with van der Waals surface area (Å²) in [6.45, 7) is 8.18. The third kappa shape index (κ3) is 3.70. The lowest BCUT2D eigenvalue weighted by Gasteiger charge is -2.39. The number of ether oxygens (including phenoxy) is 2. The topological polar surface area (TPSA) is 96.6 Å². The Hall–Kier alpha value is -2.87. The third-order valence-electron chi connectivity index (χ3n) is 4.11. The van der Waals surface area contributed by atoms with Crippen LogP contribution < -0.4 is 5.32 Å². The smallest absolute Gasteiger partial charge is 0.343 e. The highest BCUT2D eigenvalue weighted by atomic mass is 16.7. The number of amides is 1. The number of nitrogens with zero attached hydrogens (tertiary/aromatic N) is 2. The van der Waals surface area contributed by atoms with E-state index in [0.717, 1.165) is 5.39 Å². The van der Waals surface area contributed by atoms with E-state index in [4.69, 9.17) is 9.47 Å². The van der Waals surface area contributed by atoms with Gasteiger partial charge in [0.15, 0.2) is 6.79 Å². The minimum absolute atomic E-state index is 0.0333. The van der Waals surface area contributed by atoms with E-state index in [1.807, 2.05) is 19.9 Å². The molecule has 0 spiro atoms. The molecule has 1 amide bonds. The number of esters is 1. The molecule has 138 valence electrons. The minimum Gasteiger partial charge on any atom is -0.435 e. The van der Waals surface area contributed by atoms with E-state index in [-0.39, 0.29) is 24.8 Å². The second kappa shape index (κ2) is 7.57. The number of fused-ring (bicyclic) bond motifs is 1. The first-order valence-electron chi connectivity index (χ1n) is 8.42. The fraction of sp³-hybridized carbons (Fsp3) is 0.389. The maximum atomic E-state index is 12.4. The highest BCUT2D eigenvalue weighted by molar-refractivity contribution is 6.04. The van der Waals surface area contributed by atoms with Gasteiger partial charge in [-0.1, -0.05) is 6.58 Å².